The van der Waals surface area contributed by atoms with Gasteiger partial charge in [-0.25, -0.2) is 0 Å². The molecule has 2 heteroatoms. The average molecular weight is 361 g/mol. The van der Waals surface area contributed by atoms with Crippen LogP contribution in [0, 0.1) is 41.4 Å². The second-order valence-electron chi connectivity index (χ2n) is 10.2. The summed E-state index contributed by atoms with van der Waals surface area (Å²) >= 11 is 0. The highest BCUT2D eigenvalue weighted by Gasteiger charge is 2.68. The molecule has 26 heavy (non-hydrogen) atoms. The number of aliphatic carboxylic acids is 1. The third-order valence-corrected chi connectivity index (χ3v) is 8.87. The van der Waals surface area contributed by atoms with Crippen LogP contribution in [-0.4, -0.2) is 11.1 Å². The standard InChI is InChI=1S/C24H40O2/c25-22(26)11-9-7-5-3-1-2-4-6-8-10-17-12-13-20-21(16-17)24-19-15-14-18(19)23(20)24/h17-21,23-24H,1-16H2,(H,25,26). The van der Waals surface area contributed by atoms with Crippen LogP contribution in [0.2, 0.25) is 0 Å². The fourth-order valence-corrected chi connectivity index (χ4v) is 7.44. The van der Waals surface area contributed by atoms with E-state index in [1.165, 1.54) is 86.9 Å². The molecule has 0 aromatic carbocycles. The second-order valence-corrected chi connectivity index (χ2v) is 10.2. The Labute approximate surface area is 160 Å². The van der Waals surface area contributed by atoms with Crippen LogP contribution in [0.4, 0.5) is 0 Å². The number of carboxylic acid groups (broad SMARTS) is 1. The van der Waals surface area contributed by atoms with Crippen LogP contribution < -0.4 is 0 Å². The zero-order chi connectivity index (χ0) is 17.9. The lowest BCUT2D eigenvalue weighted by atomic mass is 9.30. The summed E-state index contributed by atoms with van der Waals surface area (Å²) in [6.45, 7) is 0. The van der Waals surface area contributed by atoms with Gasteiger partial charge in [0.25, 0.3) is 0 Å². The van der Waals surface area contributed by atoms with Crippen LogP contribution in [0.15, 0.2) is 0 Å². The maximum atomic E-state index is 10.4. The van der Waals surface area contributed by atoms with E-state index in [2.05, 4.69) is 0 Å². The number of carboxylic acids is 1. The van der Waals surface area contributed by atoms with Gasteiger partial charge in [0, 0.05) is 6.42 Å². The lowest BCUT2D eigenvalue weighted by Gasteiger charge is -2.74. The molecule has 7 atom stereocenters. The third kappa shape index (κ3) is 3.85. The van der Waals surface area contributed by atoms with E-state index in [9.17, 15) is 4.79 Å². The Balaban J connectivity index is 0.973. The molecule has 4 aliphatic rings. The van der Waals surface area contributed by atoms with Crippen molar-refractivity contribution in [1.29, 1.82) is 0 Å². The summed E-state index contributed by atoms with van der Waals surface area (Å²) < 4.78 is 0. The van der Waals surface area contributed by atoms with Gasteiger partial charge in [0.1, 0.15) is 0 Å². The number of rotatable bonds is 12. The van der Waals surface area contributed by atoms with Crippen molar-refractivity contribution >= 4 is 5.97 Å². The highest BCUT2D eigenvalue weighted by atomic mass is 16.4. The Hall–Kier alpha value is -0.530. The lowest BCUT2D eigenvalue weighted by molar-refractivity contribution is -0.264. The zero-order valence-electron chi connectivity index (χ0n) is 16.7. The molecule has 0 spiro atoms. The molecule has 0 bridgehead atoms. The molecule has 0 radical (unpaired) electrons. The van der Waals surface area contributed by atoms with Gasteiger partial charge in [-0.15, -0.1) is 0 Å². The fourth-order valence-electron chi connectivity index (χ4n) is 7.44. The molecule has 4 saturated carbocycles. The minimum absolute atomic E-state index is 0.353. The van der Waals surface area contributed by atoms with Crippen molar-refractivity contribution < 1.29 is 9.90 Å². The normalized spacial score (nSPS) is 39.6. The summed E-state index contributed by atoms with van der Waals surface area (Å²) in [5.41, 5.74) is 0. The van der Waals surface area contributed by atoms with E-state index in [0.717, 1.165) is 18.8 Å². The SMILES string of the molecule is O=C(O)CCCCCCCCCCCC1CCC2C(C1)C1C3CCC3C21. The molecule has 7 unspecified atom stereocenters. The fraction of sp³-hybridized carbons (Fsp3) is 0.958. The predicted octanol–water partition coefficient (Wildman–Crippen LogP) is 6.68. The molecule has 1 N–H and O–H groups in total. The van der Waals surface area contributed by atoms with Gasteiger partial charge in [0.15, 0.2) is 0 Å². The molecule has 0 saturated heterocycles. The number of hydrogen-bond acceptors (Lipinski definition) is 1. The van der Waals surface area contributed by atoms with E-state index in [1.54, 1.807) is 32.1 Å². The van der Waals surface area contributed by atoms with E-state index >= 15 is 0 Å². The van der Waals surface area contributed by atoms with Gasteiger partial charge in [-0.2, -0.15) is 0 Å². The first-order valence-corrected chi connectivity index (χ1v) is 12.0. The summed E-state index contributed by atoms with van der Waals surface area (Å²) in [6.07, 6.45) is 21.3. The summed E-state index contributed by atoms with van der Waals surface area (Å²) in [6, 6.07) is 0. The first-order chi connectivity index (χ1) is 12.8. The van der Waals surface area contributed by atoms with Crippen molar-refractivity contribution in [1.82, 2.24) is 0 Å². The largest absolute Gasteiger partial charge is 0.481 e. The monoisotopic (exact) mass is 360 g/mol. The van der Waals surface area contributed by atoms with E-state index in [0.29, 0.717) is 6.42 Å². The molecule has 0 amide bonds. The average Bonchev–Trinajstić information content (AvgIpc) is 2.60. The lowest BCUT2D eigenvalue weighted by Crippen LogP contribution is -2.69. The first kappa shape index (κ1) is 18.8. The molecule has 0 aromatic rings. The first-order valence-electron chi connectivity index (χ1n) is 12.0. The van der Waals surface area contributed by atoms with E-state index in [4.69, 9.17) is 5.11 Å². The summed E-state index contributed by atoms with van der Waals surface area (Å²) in [5.74, 6) is 7.59. The second kappa shape index (κ2) is 8.65. The third-order valence-electron chi connectivity index (χ3n) is 8.87. The zero-order valence-corrected chi connectivity index (χ0v) is 16.7. The Bertz CT molecular complexity index is 467. The molecule has 148 valence electrons. The number of unbranched alkanes of at least 4 members (excludes halogenated alkanes) is 8. The predicted molar refractivity (Wildman–Crippen MR) is 106 cm³/mol. The van der Waals surface area contributed by atoms with E-state index in [1.807, 2.05) is 0 Å². The Morgan fingerprint density at radius 1 is 0.654 bits per heavy atom. The number of hydrogen-bond donors (Lipinski definition) is 1. The summed E-state index contributed by atoms with van der Waals surface area (Å²) in [4.78, 5) is 10.4. The van der Waals surface area contributed by atoms with Gasteiger partial charge in [0.2, 0.25) is 0 Å². The maximum absolute atomic E-state index is 10.4. The van der Waals surface area contributed by atoms with Crippen molar-refractivity contribution in [2.24, 2.45) is 41.4 Å². The highest BCUT2D eigenvalue weighted by molar-refractivity contribution is 5.66. The molecule has 4 rings (SSSR count). The van der Waals surface area contributed by atoms with E-state index < -0.39 is 5.97 Å². The number of carbonyl (C=O) groups is 1. The molecule has 2 nitrogen and oxygen atoms in total. The van der Waals surface area contributed by atoms with Crippen LogP contribution in [0.5, 0.6) is 0 Å². The minimum atomic E-state index is -0.643. The van der Waals surface area contributed by atoms with Gasteiger partial charge in [-0.3, -0.25) is 4.79 Å². The van der Waals surface area contributed by atoms with Crippen LogP contribution >= 0.6 is 0 Å². The quantitative estimate of drug-likeness (QED) is 0.394. The van der Waals surface area contributed by atoms with E-state index in [-0.39, 0.29) is 0 Å². The minimum Gasteiger partial charge on any atom is -0.481 e. The van der Waals surface area contributed by atoms with Crippen LogP contribution in [-0.2, 0) is 4.79 Å². The highest BCUT2D eigenvalue weighted by Crippen LogP contribution is 2.74. The van der Waals surface area contributed by atoms with Crippen molar-refractivity contribution in [2.75, 3.05) is 0 Å². The topological polar surface area (TPSA) is 37.3 Å². The van der Waals surface area contributed by atoms with Crippen molar-refractivity contribution in [2.45, 2.75) is 103 Å². The summed E-state index contributed by atoms with van der Waals surface area (Å²) in [5, 5.41) is 8.61. The molecule has 0 heterocycles. The van der Waals surface area contributed by atoms with Crippen LogP contribution in [0.1, 0.15) is 103 Å². The maximum Gasteiger partial charge on any atom is 0.303 e. The number of fused-ring (bicyclic) bond motifs is 7. The van der Waals surface area contributed by atoms with Gasteiger partial charge >= 0.3 is 5.97 Å². The molecular weight excluding hydrogens is 320 g/mol. The van der Waals surface area contributed by atoms with Crippen LogP contribution in [0.3, 0.4) is 0 Å². The molecule has 0 aliphatic heterocycles. The molecule has 4 aliphatic carbocycles. The molecular formula is C24H40O2. The molecule has 0 aromatic heterocycles. The Morgan fingerprint density at radius 3 is 1.77 bits per heavy atom. The van der Waals surface area contributed by atoms with Crippen molar-refractivity contribution in [3.8, 4) is 0 Å². The molecule has 4 fully saturated rings. The van der Waals surface area contributed by atoms with Gasteiger partial charge < -0.3 is 5.11 Å². The summed E-state index contributed by atoms with van der Waals surface area (Å²) in [7, 11) is 0. The van der Waals surface area contributed by atoms with Gasteiger partial charge in [-0.05, 0) is 73.5 Å². The van der Waals surface area contributed by atoms with Crippen LogP contribution in [0.25, 0.3) is 0 Å². The van der Waals surface area contributed by atoms with Gasteiger partial charge in [-0.1, -0.05) is 64.2 Å². The Kier molecular flexibility index (Phi) is 6.26. The smallest absolute Gasteiger partial charge is 0.303 e. The van der Waals surface area contributed by atoms with Crippen molar-refractivity contribution in [3.05, 3.63) is 0 Å². The van der Waals surface area contributed by atoms with Gasteiger partial charge in [0.05, 0.1) is 0 Å². The van der Waals surface area contributed by atoms with Crippen molar-refractivity contribution in [3.63, 3.8) is 0 Å². The Morgan fingerprint density at radius 2 is 1.15 bits per heavy atom.